The maximum atomic E-state index is 12.0. The van der Waals surface area contributed by atoms with Gasteiger partial charge in [-0.3, -0.25) is 0 Å². The molecule has 3 rings (SSSR count). The second-order valence-corrected chi connectivity index (χ2v) is 7.19. The molecule has 142 valence electrons. The number of methoxy groups -OCH3 is 1. The molecular weight excluding hydrogens is 338 g/mol. The lowest BCUT2D eigenvalue weighted by molar-refractivity contribution is 0.409. The average Bonchev–Trinajstić information content (AvgIpc) is 2.64. The highest BCUT2D eigenvalue weighted by atomic mass is 16.5. The van der Waals surface area contributed by atoms with Gasteiger partial charge in [0.15, 0.2) is 0 Å². The Hall–Kier alpha value is -2.59. The highest BCUT2D eigenvalue weighted by Crippen LogP contribution is 2.26. The van der Waals surface area contributed by atoms with Crippen molar-refractivity contribution in [3.05, 3.63) is 75.1 Å². The molecule has 4 nitrogen and oxygen atoms in total. The van der Waals surface area contributed by atoms with E-state index in [0.29, 0.717) is 18.0 Å². The van der Waals surface area contributed by atoms with E-state index in [0.717, 1.165) is 35.2 Å². The highest BCUT2D eigenvalue weighted by molar-refractivity contribution is 5.82. The Bertz CT molecular complexity index is 989. The van der Waals surface area contributed by atoms with Gasteiger partial charge in [-0.05, 0) is 66.3 Å². The zero-order valence-corrected chi connectivity index (χ0v) is 16.5. The van der Waals surface area contributed by atoms with Gasteiger partial charge >= 0.3 is 5.63 Å². The Morgan fingerprint density at radius 2 is 1.89 bits per heavy atom. The van der Waals surface area contributed by atoms with Crippen molar-refractivity contribution in [2.45, 2.75) is 39.7 Å². The molecule has 0 fully saturated rings. The second-order valence-electron chi connectivity index (χ2n) is 7.19. The average molecular weight is 365 g/mol. The van der Waals surface area contributed by atoms with E-state index in [1.54, 1.807) is 13.2 Å². The summed E-state index contributed by atoms with van der Waals surface area (Å²) in [5, 5.41) is 4.46. The van der Waals surface area contributed by atoms with E-state index in [-0.39, 0.29) is 5.63 Å². The van der Waals surface area contributed by atoms with Crippen LogP contribution in [0, 0.1) is 6.92 Å². The van der Waals surface area contributed by atoms with Gasteiger partial charge in [0, 0.05) is 18.0 Å². The SMILES string of the molecule is COc1ccccc1CCNCc1cc(=O)oc2cc(C)c(C(C)C)cc12. The lowest BCUT2D eigenvalue weighted by Gasteiger charge is -2.13. The molecule has 4 heteroatoms. The van der Waals surface area contributed by atoms with Crippen LogP contribution in [0.4, 0.5) is 0 Å². The van der Waals surface area contributed by atoms with Crippen LogP contribution in [0.3, 0.4) is 0 Å². The van der Waals surface area contributed by atoms with Gasteiger partial charge in [-0.2, -0.15) is 0 Å². The minimum absolute atomic E-state index is 0.305. The van der Waals surface area contributed by atoms with Crippen molar-refractivity contribution in [1.82, 2.24) is 5.32 Å². The molecule has 0 bridgehead atoms. The number of hydrogen-bond donors (Lipinski definition) is 1. The molecule has 1 aromatic heterocycles. The third-order valence-electron chi connectivity index (χ3n) is 4.92. The van der Waals surface area contributed by atoms with E-state index in [9.17, 15) is 4.79 Å². The van der Waals surface area contributed by atoms with Crippen molar-refractivity contribution in [3.8, 4) is 5.75 Å². The van der Waals surface area contributed by atoms with E-state index in [1.165, 1.54) is 11.1 Å². The molecule has 0 radical (unpaired) electrons. The van der Waals surface area contributed by atoms with Crippen LogP contribution in [-0.4, -0.2) is 13.7 Å². The van der Waals surface area contributed by atoms with E-state index in [1.807, 2.05) is 24.3 Å². The Balaban J connectivity index is 1.78. The van der Waals surface area contributed by atoms with Crippen LogP contribution in [-0.2, 0) is 13.0 Å². The first-order valence-corrected chi connectivity index (χ1v) is 9.39. The van der Waals surface area contributed by atoms with Crippen molar-refractivity contribution in [1.29, 1.82) is 0 Å². The summed E-state index contributed by atoms with van der Waals surface area (Å²) in [6, 6.07) is 13.8. The van der Waals surface area contributed by atoms with Crippen LogP contribution in [0.25, 0.3) is 11.0 Å². The highest BCUT2D eigenvalue weighted by Gasteiger charge is 2.11. The number of rotatable bonds is 7. The maximum Gasteiger partial charge on any atom is 0.336 e. The van der Waals surface area contributed by atoms with Gasteiger partial charge in [0.2, 0.25) is 0 Å². The monoisotopic (exact) mass is 365 g/mol. The molecule has 0 aliphatic rings. The first-order chi connectivity index (χ1) is 13.0. The molecule has 0 unspecified atom stereocenters. The summed E-state index contributed by atoms with van der Waals surface area (Å²) in [7, 11) is 1.69. The molecule has 0 saturated heterocycles. The van der Waals surface area contributed by atoms with E-state index in [4.69, 9.17) is 9.15 Å². The summed E-state index contributed by atoms with van der Waals surface area (Å²) in [5.74, 6) is 1.33. The van der Waals surface area contributed by atoms with Crippen molar-refractivity contribution in [3.63, 3.8) is 0 Å². The van der Waals surface area contributed by atoms with Gasteiger partial charge in [-0.25, -0.2) is 4.79 Å². The molecule has 0 atom stereocenters. The van der Waals surface area contributed by atoms with Gasteiger partial charge in [0.25, 0.3) is 0 Å². The largest absolute Gasteiger partial charge is 0.496 e. The molecule has 3 aromatic rings. The third kappa shape index (κ3) is 4.40. The Morgan fingerprint density at radius 1 is 1.11 bits per heavy atom. The van der Waals surface area contributed by atoms with Crippen molar-refractivity contribution >= 4 is 11.0 Å². The molecule has 1 N–H and O–H groups in total. The van der Waals surface area contributed by atoms with Gasteiger partial charge in [0.05, 0.1) is 7.11 Å². The van der Waals surface area contributed by atoms with Crippen molar-refractivity contribution in [2.75, 3.05) is 13.7 Å². The molecule has 0 aliphatic carbocycles. The summed E-state index contributed by atoms with van der Waals surface area (Å²) < 4.78 is 10.8. The van der Waals surface area contributed by atoms with Crippen LogP contribution in [0.2, 0.25) is 0 Å². The molecule has 0 amide bonds. The first kappa shape index (κ1) is 19.2. The van der Waals surface area contributed by atoms with E-state index >= 15 is 0 Å². The van der Waals surface area contributed by atoms with E-state index in [2.05, 4.69) is 38.2 Å². The van der Waals surface area contributed by atoms with Crippen LogP contribution < -0.4 is 15.7 Å². The Morgan fingerprint density at radius 3 is 2.63 bits per heavy atom. The zero-order valence-electron chi connectivity index (χ0n) is 16.5. The molecule has 0 aliphatic heterocycles. The lowest BCUT2D eigenvalue weighted by atomic mass is 9.95. The van der Waals surface area contributed by atoms with Crippen LogP contribution >= 0.6 is 0 Å². The number of fused-ring (bicyclic) bond motifs is 1. The maximum absolute atomic E-state index is 12.0. The van der Waals surface area contributed by atoms with Crippen LogP contribution in [0.15, 0.2) is 51.7 Å². The fourth-order valence-corrected chi connectivity index (χ4v) is 3.52. The molecule has 0 saturated carbocycles. The summed E-state index contributed by atoms with van der Waals surface area (Å²) in [6.45, 7) is 7.84. The quantitative estimate of drug-likeness (QED) is 0.492. The van der Waals surface area contributed by atoms with Crippen molar-refractivity contribution in [2.24, 2.45) is 0 Å². The first-order valence-electron chi connectivity index (χ1n) is 9.39. The van der Waals surface area contributed by atoms with Gasteiger partial charge < -0.3 is 14.5 Å². The second kappa shape index (κ2) is 8.40. The summed E-state index contributed by atoms with van der Waals surface area (Å²) in [5.41, 5.74) is 4.94. The number of ether oxygens (including phenoxy) is 1. The third-order valence-corrected chi connectivity index (χ3v) is 4.92. The zero-order chi connectivity index (χ0) is 19.4. The number of hydrogen-bond acceptors (Lipinski definition) is 4. The number of aryl methyl sites for hydroxylation is 1. The number of nitrogens with one attached hydrogen (secondary N) is 1. The van der Waals surface area contributed by atoms with Gasteiger partial charge in [0.1, 0.15) is 11.3 Å². The van der Waals surface area contributed by atoms with Gasteiger partial charge in [-0.1, -0.05) is 32.0 Å². The normalized spacial score (nSPS) is 11.3. The Labute approximate surface area is 160 Å². The topological polar surface area (TPSA) is 51.5 Å². The molecule has 0 spiro atoms. The van der Waals surface area contributed by atoms with Crippen LogP contribution in [0.5, 0.6) is 5.75 Å². The molecule has 2 aromatic carbocycles. The number of para-hydroxylation sites is 1. The van der Waals surface area contributed by atoms with E-state index < -0.39 is 0 Å². The molecule has 1 heterocycles. The fourth-order valence-electron chi connectivity index (χ4n) is 3.52. The predicted octanol–water partition coefficient (Wildman–Crippen LogP) is 4.57. The molecular formula is C23H27NO3. The Kier molecular flexibility index (Phi) is 5.97. The number of benzene rings is 2. The standard InChI is InChI=1S/C23H27NO3/c1-15(2)19-13-20-18(12-23(25)27-22(20)11-16(19)3)14-24-10-9-17-7-5-6-8-21(17)26-4/h5-8,11-13,15,24H,9-10,14H2,1-4H3. The lowest BCUT2D eigenvalue weighted by Crippen LogP contribution is -2.18. The van der Waals surface area contributed by atoms with Gasteiger partial charge in [-0.15, -0.1) is 0 Å². The predicted molar refractivity (Wildman–Crippen MR) is 110 cm³/mol. The van der Waals surface area contributed by atoms with Crippen LogP contribution in [0.1, 0.15) is 42.0 Å². The smallest absolute Gasteiger partial charge is 0.336 e. The summed E-state index contributed by atoms with van der Waals surface area (Å²) in [6.07, 6.45) is 0.861. The molecule has 27 heavy (non-hydrogen) atoms. The van der Waals surface area contributed by atoms with Crippen molar-refractivity contribution < 1.29 is 9.15 Å². The minimum atomic E-state index is -0.305. The summed E-state index contributed by atoms with van der Waals surface area (Å²) >= 11 is 0. The fraction of sp³-hybridized carbons (Fsp3) is 0.348. The summed E-state index contributed by atoms with van der Waals surface area (Å²) in [4.78, 5) is 12.0. The minimum Gasteiger partial charge on any atom is -0.496 e.